The highest BCUT2D eigenvalue weighted by molar-refractivity contribution is 7.92. The minimum Gasteiger partial charge on any atom is -0.298 e. The van der Waals surface area contributed by atoms with Crippen LogP contribution in [0.5, 0.6) is 0 Å². The minimum atomic E-state index is -3.63. The van der Waals surface area contributed by atoms with Crippen molar-refractivity contribution in [3.63, 3.8) is 0 Å². The first kappa shape index (κ1) is 14.8. The molecule has 0 spiro atoms. The first-order chi connectivity index (χ1) is 10.5. The molecule has 0 amide bonds. The van der Waals surface area contributed by atoms with Crippen LogP contribution in [-0.2, 0) is 16.4 Å². The predicted octanol–water partition coefficient (Wildman–Crippen LogP) is 3.03. The number of anilines is 1. The number of rotatable bonds is 3. The second-order valence-corrected chi connectivity index (χ2v) is 7.32. The number of carbonyl (C=O) groups excluding carboxylic acids is 1. The third-order valence-corrected chi connectivity index (χ3v) is 5.98. The number of carbonyl (C=O) groups is 1. The molecule has 1 unspecified atom stereocenters. The van der Waals surface area contributed by atoms with Crippen LogP contribution < -0.4 is 4.31 Å². The first-order valence-corrected chi connectivity index (χ1v) is 8.65. The summed E-state index contributed by atoms with van der Waals surface area (Å²) in [6.07, 6.45) is 2.38. The Morgan fingerprint density at radius 3 is 2.45 bits per heavy atom. The number of aldehydes is 1. The molecule has 0 saturated carbocycles. The molecule has 0 N–H and O–H groups in total. The van der Waals surface area contributed by atoms with Gasteiger partial charge in [0.25, 0.3) is 10.0 Å². The van der Waals surface area contributed by atoms with Crippen LogP contribution in [0.15, 0.2) is 53.4 Å². The molecule has 4 nitrogen and oxygen atoms in total. The summed E-state index contributed by atoms with van der Waals surface area (Å²) >= 11 is 0. The molecular formula is C17H17NO3S. The number of hydrogen-bond donors (Lipinski definition) is 0. The van der Waals surface area contributed by atoms with E-state index in [2.05, 4.69) is 0 Å². The van der Waals surface area contributed by atoms with Crippen LogP contribution in [0, 0.1) is 0 Å². The lowest BCUT2D eigenvalue weighted by Crippen LogP contribution is -2.42. The number of aryl methyl sites for hydroxylation is 1. The van der Waals surface area contributed by atoms with Gasteiger partial charge in [-0.05, 0) is 43.5 Å². The molecule has 1 aliphatic rings. The van der Waals surface area contributed by atoms with Gasteiger partial charge in [0.2, 0.25) is 0 Å². The molecule has 0 aromatic heterocycles. The monoisotopic (exact) mass is 315 g/mol. The van der Waals surface area contributed by atoms with Crippen LogP contribution in [0.3, 0.4) is 0 Å². The molecule has 2 aromatic carbocycles. The van der Waals surface area contributed by atoms with Gasteiger partial charge in [0.15, 0.2) is 0 Å². The molecule has 114 valence electrons. The fraction of sp³-hybridized carbons (Fsp3) is 0.235. The van der Waals surface area contributed by atoms with Crippen molar-refractivity contribution < 1.29 is 13.2 Å². The van der Waals surface area contributed by atoms with Gasteiger partial charge in [-0.1, -0.05) is 30.3 Å². The number of fused-ring (bicyclic) bond motifs is 1. The number of benzene rings is 2. The number of sulfonamides is 1. The van der Waals surface area contributed by atoms with E-state index >= 15 is 0 Å². The Kier molecular flexibility index (Phi) is 3.74. The van der Waals surface area contributed by atoms with E-state index in [1.165, 1.54) is 28.6 Å². The number of para-hydroxylation sites is 1. The average molecular weight is 315 g/mol. The Morgan fingerprint density at radius 2 is 1.77 bits per heavy atom. The second-order valence-electron chi connectivity index (χ2n) is 5.50. The van der Waals surface area contributed by atoms with E-state index in [9.17, 15) is 13.2 Å². The van der Waals surface area contributed by atoms with Crippen molar-refractivity contribution in [2.45, 2.75) is 30.7 Å². The van der Waals surface area contributed by atoms with Crippen molar-refractivity contribution in [2.24, 2.45) is 0 Å². The third-order valence-electron chi connectivity index (χ3n) is 4.03. The molecule has 0 fully saturated rings. The molecule has 1 heterocycles. The second kappa shape index (κ2) is 5.57. The SMILES string of the molecule is CC1CCc2ccccc2N1S(=O)(=O)c1ccc(C=O)cc1. The summed E-state index contributed by atoms with van der Waals surface area (Å²) in [5.41, 5.74) is 2.26. The summed E-state index contributed by atoms with van der Waals surface area (Å²) in [6, 6.07) is 13.5. The van der Waals surface area contributed by atoms with Gasteiger partial charge >= 0.3 is 0 Å². The molecular weight excluding hydrogens is 298 g/mol. The summed E-state index contributed by atoms with van der Waals surface area (Å²) in [4.78, 5) is 10.9. The Balaban J connectivity index is 2.09. The molecule has 0 aliphatic carbocycles. The summed E-state index contributed by atoms with van der Waals surface area (Å²) in [7, 11) is -3.63. The number of hydrogen-bond acceptors (Lipinski definition) is 3. The van der Waals surface area contributed by atoms with Gasteiger partial charge in [0.1, 0.15) is 6.29 Å². The fourth-order valence-corrected chi connectivity index (χ4v) is 4.58. The van der Waals surface area contributed by atoms with Gasteiger partial charge in [0, 0.05) is 11.6 Å². The van der Waals surface area contributed by atoms with E-state index < -0.39 is 10.0 Å². The molecule has 1 aliphatic heterocycles. The van der Waals surface area contributed by atoms with E-state index in [0.29, 0.717) is 11.8 Å². The van der Waals surface area contributed by atoms with Crippen LogP contribution in [0.25, 0.3) is 0 Å². The largest absolute Gasteiger partial charge is 0.298 e. The summed E-state index contributed by atoms with van der Waals surface area (Å²) in [5.74, 6) is 0. The Labute approximate surface area is 130 Å². The molecule has 2 aromatic rings. The molecule has 0 saturated heterocycles. The Morgan fingerprint density at radius 1 is 1.09 bits per heavy atom. The van der Waals surface area contributed by atoms with Gasteiger partial charge in [-0.3, -0.25) is 9.10 Å². The lowest BCUT2D eigenvalue weighted by Gasteiger charge is -2.36. The molecule has 5 heteroatoms. The highest BCUT2D eigenvalue weighted by Gasteiger charge is 2.33. The van der Waals surface area contributed by atoms with Gasteiger partial charge in [-0.2, -0.15) is 0 Å². The first-order valence-electron chi connectivity index (χ1n) is 7.21. The molecule has 0 radical (unpaired) electrons. The van der Waals surface area contributed by atoms with Gasteiger partial charge in [-0.15, -0.1) is 0 Å². The maximum atomic E-state index is 13.0. The van der Waals surface area contributed by atoms with E-state index in [1.54, 1.807) is 0 Å². The molecule has 0 bridgehead atoms. The smallest absolute Gasteiger partial charge is 0.264 e. The predicted molar refractivity (Wildman–Crippen MR) is 85.7 cm³/mol. The topological polar surface area (TPSA) is 54.5 Å². The van der Waals surface area contributed by atoms with E-state index in [1.807, 2.05) is 31.2 Å². The highest BCUT2D eigenvalue weighted by atomic mass is 32.2. The maximum absolute atomic E-state index is 13.0. The summed E-state index contributed by atoms with van der Waals surface area (Å²) in [6.45, 7) is 1.92. The Hall–Kier alpha value is -2.14. The van der Waals surface area contributed by atoms with Crippen LogP contribution >= 0.6 is 0 Å². The van der Waals surface area contributed by atoms with Crippen molar-refractivity contribution in [3.8, 4) is 0 Å². The lowest BCUT2D eigenvalue weighted by molar-refractivity contribution is 0.112. The molecule has 1 atom stereocenters. The van der Waals surface area contributed by atoms with Crippen molar-refractivity contribution in [1.29, 1.82) is 0 Å². The van der Waals surface area contributed by atoms with Gasteiger partial charge in [-0.25, -0.2) is 8.42 Å². The van der Waals surface area contributed by atoms with Crippen molar-refractivity contribution in [2.75, 3.05) is 4.31 Å². The summed E-state index contributed by atoms with van der Waals surface area (Å²) < 4.78 is 27.5. The van der Waals surface area contributed by atoms with E-state index in [-0.39, 0.29) is 10.9 Å². The maximum Gasteiger partial charge on any atom is 0.264 e. The number of nitrogens with zero attached hydrogens (tertiary/aromatic N) is 1. The minimum absolute atomic E-state index is 0.0920. The average Bonchev–Trinajstić information content (AvgIpc) is 2.54. The quantitative estimate of drug-likeness (QED) is 0.818. The van der Waals surface area contributed by atoms with Gasteiger partial charge < -0.3 is 0 Å². The lowest BCUT2D eigenvalue weighted by atomic mass is 9.99. The zero-order chi connectivity index (χ0) is 15.7. The van der Waals surface area contributed by atoms with Crippen LogP contribution in [0.4, 0.5) is 5.69 Å². The van der Waals surface area contributed by atoms with Gasteiger partial charge in [0.05, 0.1) is 10.6 Å². The standard InChI is InChI=1S/C17H17NO3S/c1-13-6-9-15-4-2-3-5-17(15)18(13)22(20,21)16-10-7-14(12-19)8-11-16/h2-5,7-8,10-13H,6,9H2,1H3. The molecule has 22 heavy (non-hydrogen) atoms. The van der Waals surface area contributed by atoms with E-state index in [4.69, 9.17) is 0 Å². The normalized spacial score (nSPS) is 17.9. The van der Waals surface area contributed by atoms with Crippen molar-refractivity contribution >= 4 is 22.0 Å². The third kappa shape index (κ3) is 2.41. The zero-order valence-corrected chi connectivity index (χ0v) is 13.1. The van der Waals surface area contributed by atoms with Crippen LogP contribution in [0.1, 0.15) is 29.3 Å². The zero-order valence-electron chi connectivity index (χ0n) is 12.3. The summed E-state index contributed by atoms with van der Waals surface area (Å²) in [5, 5.41) is 0. The van der Waals surface area contributed by atoms with E-state index in [0.717, 1.165) is 24.1 Å². The van der Waals surface area contributed by atoms with Crippen molar-refractivity contribution in [1.82, 2.24) is 0 Å². The Bertz CT molecular complexity index is 797. The van der Waals surface area contributed by atoms with Crippen molar-refractivity contribution in [3.05, 3.63) is 59.7 Å². The highest BCUT2D eigenvalue weighted by Crippen LogP contribution is 2.35. The van der Waals surface area contributed by atoms with Crippen LogP contribution in [0.2, 0.25) is 0 Å². The fourth-order valence-electron chi connectivity index (χ4n) is 2.85. The van der Waals surface area contributed by atoms with Crippen LogP contribution in [-0.4, -0.2) is 20.7 Å². The molecule has 3 rings (SSSR count).